The zero-order valence-corrected chi connectivity index (χ0v) is 37.8. The molecule has 2 aliphatic carbocycles. The number of carbonyl (C=O) groups excluding carboxylic acids is 1. The van der Waals surface area contributed by atoms with E-state index in [9.17, 15) is 20.3 Å². The summed E-state index contributed by atoms with van der Waals surface area (Å²) in [5, 5.41) is 38.3. The Morgan fingerprint density at radius 2 is 1.79 bits per heavy atom. The molecule has 6 atom stereocenters. The molecule has 66 heavy (non-hydrogen) atoms. The van der Waals surface area contributed by atoms with Crippen LogP contribution in [-0.4, -0.2) is 101 Å². The second-order valence-electron chi connectivity index (χ2n) is 17.7. The van der Waals surface area contributed by atoms with Crippen LogP contribution in [0.4, 0.5) is 5.69 Å². The van der Waals surface area contributed by atoms with E-state index < -0.39 is 22.7 Å². The highest BCUT2D eigenvalue weighted by atomic mass is 16.7. The van der Waals surface area contributed by atoms with Crippen molar-refractivity contribution in [3.63, 3.8) is 0 Å². The van der Waals surface area contributed by atoms with Crippen molar-refractivity contribution in [1.29, 1.82) is 0 Å². The van der Waals surface area contributed by atoms with Crippen LogP contribution in [0.3, 0.4) is 0 Å². The predicted octanol–water partition coefficient (Wildman–Crippen LogP) is 8.84. The lowest BCUT2D eigenvalue weighted by atomic mass is 9.55. The molecule has 2 aliphatic heterocycles. The summed E-state index contributed by atoms with van der Waals surface area (Å²) in [7, 11) is 0. The van der Waals surface area contributed by atoms with Gasteiger partial charge in [-0.25, -0.2) is 0 Å². The van der Waals surface area contributed by atoms with E-state index in [0.717, 1.165) is 78.5 Å². The number of aliphatic hydroxyl groups excluding tert-OH is 2. The summed E-state index contributed by atoms with van der Waals surface area (Å²) in [6.45, 7) is 10.4. The van der Waals surface area contributed by atoms with Crippen LogP contribution in [0, 0.1) is 27.9 Å². The van der Waals surface area contributed by atoms with Crippen molar-refractivity contribution in [2.45, 2.75) is 76.2 Å². The summed E-state index contributed by atoms with van der Waals surface area (Å²) in [5.41, 5.74) is 4.18. The van der Waals surface area contributed by atoms with Crippen LogP contribution < -0.4 is 9.47 Å². The molecule has 1 saturated carbocycles. The Labute approximate surface area is 387 Å². The number of fused-ring (bicyclic) bond motifs is 3. The molecule has 6 unspecified atom stereocenters. The molecule has 348 valence electrons. The van der Waals surface area contributed by atoms with Crippen LogP contribution >= 0.6 is 0 Å². The van der Waals surface area contributed by atoms with Gasteiger partial charge < -0.3 is 34.2 Å². The van der Waals surface area contributed by atoms with Gasteiger partial charge in [-0.05, 0) is 108 Å². The summed E-state index contributed by atoms with van der Waals surface area (Å²) >= 11 is 0. The van der Waals surface area contributed by atoms with Gasteiger partial charge in [-0.15, -0.1) is 6.58 Å². The molecule has 4 aromatic rings. The number of hydrogen-bond acceptors (Lipinski definition) is 11. The smallest absolute Gasteiger partial charge is 0.269 e. The third-order valence-corrected chi connectivity index (χ3v) is 13.6. The summed E-state index contributed by atoms with van der Waals surface area (Å²) in [6.07, 6.45) is 12.1. The molecule has 0 radical (unpaired) electrons. The number of benzene rings is 4. The van der Waals surface area contributed by atoms with E-state index in [-0.39, 0.29) is 62.1 Å². The van der Waals surface area contributed by atoms with Gasteiger partial charge in [-0.1, -0.05) is 72.6 Å². The number of non-ortho nitro benzene ring substituents is 1. The number of aliphatic hydroxyl groups is 2. The quantitative estimate of drug-likeness (QED) is 0.0184. The average molecular weight is 899 g/mol. The summed E-state index contributed by atoms with van der Waals surface area (Å²) in [4.78, 5) is 36.5. The number of oxime groups is 1. The maximum atomic E-state index is 15.3. The van der Waals surface area contributed by atoms with Gasteiger partial charge >= 0.3 is 0 Å². The first-order valence-corrected chi connectivity index (χ1v) is 23.5. The highest BCUT2D eigenvalue weighted by molar-refractivity contribution is 6.03. The molecule has 4 aliphatic rings. The normalized spacial score (nSPS) is 23.7. The summed E-state index contributed by atoms with van der Waals surface area (Å²) in [5.74, 6) is -0.912. The third-order valence-electron chi connectivity index (χ3n) is 13.6. The second-order valence-corrected chi connectivity index (χ2v) is 17.7. The van der Waals surface area contributed by atoms with Crippen molar-refractivity contribution >= 4 is 34.2 Å². The van der Waals surface area contributed by atoms with E-state index >= 15 is 4.79 Å². The van der Waals surface area contributed by atoms with Gasteiger partial charge in [-0.3, -0.25) is 19.8 Å². The first-order chi connectivity index (χ1) is 32.3. The SMILES string of the molecule is C=CCOC12Oc3ccc(OCCN4CC4)cc3C3C(CCCCO)C(CCCCO)C=C(C(=NOCC)CC1N(Cc1cccc4ccccc14)C(=O)C=Cc1ccc([N+](=O)[O-])cc1)C32. The minimum atomic E-state index is -1.46. The Morgan fingerprint density at radius 1 is 1.02 bits per heavy atom. The molecule has 13 heteroatoms. The number of amides is 1. The van der Waals surface area contributed by atoms with Gasteiger partial charge in [0.1, 0.15) is 30.8 Å². The van der Waals surface area contributed by atoms with Crippen LogP contribution in [0.2, 0.25) is 0 Å². The Kier molecular flexibility index (Phi) is 15.3. The number of nitro benzene ring substituents is 1. The molecule has 2 heterocycles. The van der Waals surface area contributed by atoms with Crippen LogP contribution in [0.1, 0.15) is 74.5 Å². The monoisotopic (exact) mass is 898 g/mol. The molecule has 2 fully saturated rings. The van der Waals surface area contributed by atoms with Gasteiger partial charge in [0.25, 0.3) is 5.69 Å². The maximum absolute atomic E-state index is 15.3. The number of nitro groups is 1. The van der Waals surface area contributed by atoms with E-state index in [1.165, 1.54) is 18.2 Å². The fourth-order valence-electron chi connectivity index (χ4n) is 10.4. The standard InChI is InChI=1S/C53H62N4O9/c1-3-31-64-53-49(56(36-40-15-11-14-38-12-5-6-16-43(38)40)50(60)25-20-37-18-21-41(22-19-37)57(61)62)35-47(54-65-4-2)45-33-39(13-7-9-29-58)44(17-8-10-30-59)51(52(45)53)46-34-42(23-24-48(46)66-53)63-32-28-55-26-27-55/h3,5-6,11-12,14-16,18-25,33-34,39,44,49,51-52,58-59H,1,4,7-10,13,17,26-32,35-36H2,2H3. The zero-order chi connectivity index (χ0) is 46.0. The number of ether oxygens (including phenoxy) is 3. The second kappa shape index (κ2) is 21.6. The molecule has 13 nitrogen and oxygen atoms in total. The Balaban J connectivity index is 1.32. The fourth-order valence-corrected chi connectivity index (χ4v) is 10.4. The summed E-state index contributed by atoms with van der Waals surface area (Å²) in [6, 6.07) is 25.6. The first-order valence-electron chi connectivity index (χ1n) is 23.5. The van der Waals surface area contributed by atoms with E-state index in [4.69, 9.17) is 24.2 Å². The number of nitrogens with zero attached hydrogens (tertiary/aromatic N) is 4. The lowest BCUT2D eigenvalue weighted by Crippen LogP contribution is -2.70. The highest BCUT2D eigenvalue weighted by Crippen LogP contribution is 2.62. The van der Waals surface area contributed by atoms with Crippen molar-refractivity contribution in [3.8, 4) is 11.5 Å². The fraction of sp³-hybridized carbons (Fsp3) is 0.434. The van der Waals surface area contributed by atoms with Gasteiger partial charge in [-0.2, -0.15) is 0 Å². The zero-order valence-electron chi connectivity index (χ0n) is 37.8. The minimum absolute atomic E-state index is 0.0402. The Morgan fingerprint density at radius 3 is 2.53 bits per heavy atom. The van der Waals surface area contributed by atoms with E-state index in [1.54, 1.807) is 24.3 Å². The number of unbranched alkanes of at least 4 members (excludes halogenated alkanes) is 2. The number of allylic oxidation sites excluding steroid dienone is 1. The lowest BCUT2D eigenvalue weighted by Gasteiger charge is -2.60. The van der Waals surface area contributed by atoms with Crippen LogP contribution in [0.15, 0.2) is 120 Å². The largest absolute Gasteiger partial charge is 0.492 e. The maximum Gasteiger partial charge on any atom is 0.269 e. The molecule has 8 rings (SSSR count). The molecular weight excluding hydrogens is 837 g/mol. The molecular formula is C53H62N4O9. The summed E-state index contributed by atoms with van der Waals surface area (Å²) < 4.78 is 21.1. The van der Waals surface area contributed by atoms with Crippen molar-refractivity contribution in [2.24, 2.45) is 22.9 Å². The number of rotatable bonds is 23. The van der Waals surface area contributed by atoms with Crippen molar-refractivity contribution in [3.05, 3.63) is 142 Å². The van der Waals surface area contributed by atoms with Gasteiger partial charge in [0.15, 0.2) is 0 Å². The van der Waals surface area contributed by atoms with Gasteiger partial charge in [0, 0.05) is 75.5 Å². The van der Waals surface area contributed by atoms with Gasteiger partial charge in [0.2, 0.25) is 11.7 Å². The Hall–Kier alpha value is -5.86. The topological polar surface area (TPSA) is 156 Å². The first kappa shape index (κ1) is 46.7. The molecule has 2 N–H and O–H groups in total. The number of hydrogen-bond donors (Lipinski definition) is 2. The van der Waals surface area contributed by atoms with Crippen molar-refractivity contribution in [2.75, 3.05) is 52.7 Å². The van der Waals surface area contributed by atoms with E-state index in [1.807, 2.05) is 48.2 Å². The minimum Gasteiger partial charge on any atom is -0.492 e. The van der Waals surface area contributed by atoms with Crippen LogP contribution in [0.25, 0.3) is 16.8 Å². The average Bonchev–Trinajstić information content (AvgIpc) is 4.17. The molecule has 0 aromatic heterocycles. The Bertz CT molecular complexity index is 2430. The molecule has 1 saturated heterocycles. The molecule has 0 spiro atoms. The highest BCUT2D eigenvalue weighted by Gasteiger charge is 2.65. The number of carbonyl (C=O) groups is 1. The van der Waals surface area contributed by atoms with Gasteiger partial charge in [0.05, 0.1) is 23.2 Å². The van der Waals surface area contributed by atoms with Crippen molar-refractivity contribution in [1.82, 2.24) is 9.80 Å². The molecule has 4 aromatic carbocycles. The van der Waals surface area contributed by atoms with Crippen molar-refractivity contribution < 1.29 is 39.0 Å². The third kappa shape index (κ3) is 10.2. The van der Waals surface area contributed by atoms with E-state index in [0.29, 0.717) is 43.1 Å². The molecule has 0 bridgehead atoms. The van der Waals surface area contributed by atoms with E-state index in [2.05, 4.69) is 41.8 Å². The van der Waals surface area contributed by atoms with Crippen LogP contribution in [0.5, 0.6) is 11.5 Å². The van der Waals surface area contributed by atoms with Crippen LogP contribution in [-0.2, 0) is 20.9 Å². The lowest BCUT2D eigenvalue weighted by molar-refractivity contribution is -0.384. The predicted molar refractivity (Wildman–Crippen MR) is 255 cm³/mol. The molecule has 1 amide bonds.